The van der Waals surface area contributed by atoms with Gasteiger partial charge >= 0.3 is 0 Å². The summed E-state index contributed by atoms with van der Waals surface area (Å²) in [4.78, 5) is 23.0. The predicted molar refractivity (Wildman–Crippen MR) is 49.1 cm³/mol. The fourth-order valence-electron chi connectivity index (χ4n) is 2.22. The van der Waals surface area contributed by atoms with E-state index >= 15 is 0 Å². The maximum absolute atomic E-state index is 11.5. The first-order chi connectivity index (χ1) is 6.20. The molecule has 0 bridgehead atoms. The standard InChI is InChI=1S/C11H12O2/c1-7-3-2-4-8-9(12)5-6-10(13)11(7)8/h2-3,5-8,11H,4H2,1H3/t7-,8-,11-/m1/s1. The predicted octanol–water partition coefficient (Wildman–Crippen LogP) is 1.52. The molecule has 0 unspecified atom stereocenters. The molecule has 13 heavy (non-hydrogen) atoms. The lowest BCUT2D eigenvalue weighted by Gasteiger charge is -2.31. The Hall–Kier alpha value is -1.18. The van der Waals surface area contributed by atoms with Crippen molar-refractivity contribution in [3.8, 4) is 0 Å². The maximum Gasteiger partial charge on any atom is 0.160 e. The molecule has 0 aromatic heterocycles. The van der Waals surface area contributed by atoms with Crippen molar-refractivity contribution in [2.75, 3.05) is 0 Å². The van der Waals surface area contributed by atoms with Crippen molar-refractivity contribution in [3.63, 3.8) is 0 Å². The van der Waals surface area contributed by atoms with Gasteiger partial charge in [-0.1, -0.05) is 19.1 Å². The van der Waals surface area contributed by atoms with Gasteiger partial charge in [-0.3, -0.25) is 9.59 Å². The third kappa shape index (κ3) is 1.26. The Bertz CT molecular complexity index is 312. The minimum absolute atomic E-state index is 0.0856. The molecule has 68 valence electrons. The Morgan fingerprint density at radius 1 is 1.23 bits per heavy atom. The van der Waals surface area contributed by atoms with E-state index in [1.54, 1.807) is 0 Å². The summed E-state index contributed by atoms with van der Waals surface area (Å²) in [5.74, 6) is 0.252. The van der Waals surface area contributed by atoms with Crippen molar-refractivity contribution in [1.29, 1.82) is 0 Å². The summed E-state index contributed by atoms with van der Waals surface area (Å²) in [6.07, 6.45) is 7.63. The van der Waals surface area contributed by atoms with E-state index < -0.39 is 0 Å². The number of hydrogen-bond donors (Lipinski definition) is 0. The Kier molecular flexibility index (Phi) is 1.91. The quantitative estimate of drug-likeness (QED) is 0.524. The Labute approximate surface area is 77.3 Å². The highest BCUT2D eigenvalue weighted by atomic mass is 16.1. The second-order valence-electron chi connectivity index (χ2n) is 3.79. The minimum atomic E-state index is -0.0949. The first-order valence-electron chi connectivity index (χ1n) is 4.62. The third-order valence-corrected chi connectivity index (χ3v) is 2.94. The Balaban J connectivity index is 2.37. The molecular weight excluding hydrogens is 164 g/mol. The van der Waals surface area contributed by atoms with Crippen LogP contribution in [0.3, 0.4) is 0 Å². The van der Waals surface area contributed by atoms with E-state index in [-0.39, 0.29) is 29.3 Å². The van der Waals surface area contributed by atoms with Crippen molar-refractivity contribution >= 4 is 11.6 Å². The van der Waals surface area contributed by atoms with Crippen LogP contribution < -0.4 is 0 Å². The van der Waals surface area contributed by atoms with Crippen molar-refractivity contribution < 1.29 is 9.59 Å². The van der Waals surface area contributed by atoms with Gasteiger partial charge < -0.3 is 0 Å². The van der Waals surface area contributed by atoms with Crippen molar-refractivity contribution in [2.24, 2.45) is 17.8 Å². The maximum atomic E-state index is 11.5. The van der Waals surface area contributed by atoms with Crippen LogP contribution in [-0.4, -0.2) is 11.6 Å². The molecule has 0 heterocycles. The topological polar surface area (TPSA) is 34.1 Å². The smallest absolute Gasteiger partial charge is 0.160 e. The largest absolute Gasteiger partial charge is 0.295 e. The molecule has 0 aliphatic heterocycles. The number of allylic oxidation sites excluding steroid dienone is 4. The number of fused-ring (bicyclic) bond motifs is 1. The lowest BCUT2D eigenvalue weighted by molar-refractivity contribution is -0.130. The van der Waals surface area contributed by atoms with Crippen LogP contribution in [0.25, 0.3) is 0 Å². The highest BCUT2D eigenvalue weighted by molar-refractivity contribution is 6.07. The van der Waals surface area contributed by atoms with E-state index in [4.69, 9.17) is 0 Å². The molecule has 0 saturated carbocycles. The van der Waals surface area contributed by atoms with Gasteiger partial charge in [0.2, 0.25) is 0 Å². The molecule has 0 aromatic carbocycles. The van der Waals surface area contributed by atoms with Gasteiger partial charge in [-0.2, -0.15) is 0 Å². The summed E-state index contributed by atoms with van der Waals surface area (Å²) >= 11 is 0. The molecule has 0 spiro atoms. The molecule has 2 heteroatoms. The minimum Gasteiger partial charge on any atom is -0.295 e. The molecule has 0 aromatic rings. The van der Waals surface area contributed by atoms with Crippen molar-refractivity contribution in [1.82, 2.24) is 0 Å². The molecule has 0 fully saturated rings. The zero-order valence-corrected chi connectivity index (χ0v) is 7.57. The first kappa shape index (κ1) is 8.42. The lowest BCUT2D eigenvalue weighted by Crippen LogP contribution is -2.37. The number of ketones is 2. The van der Waals surface area contributed by atoms with Crippen LogP contribution in [-0.2, 0) is 9.59 Å². The average Bonchev–Trinajstić information content (AvgIpc) is 2.12. The SMILES string of the molecule is C[C@@H]1C=CC[C@@H]2C(=O)C=CC(=O)[C@H]12. The monoisotopic (exact) mass is 176 g/mol. The third-order valence-electron chi connectivity index (χ3n) is 2.94. The van der Waals surface area contributed by atoms with Crippen LogP contribution >= 0.6 is 0 Å². The molecule has 0 saturated heterocycles. The summed E-state index contributed by atoms with van der Waals surface area (Å²) in [6.45, 7) is 2.00. The number of rotatable bonds is 0. The molecule has 2 aliphatic carbocycles. The van der Waals surface area contributed by atoms with E-state index in [9.17, 15) is 9.59 Å². The highest BCUT2D eigenvalue weighted by Gasteiger charge is 2.38. The summed E-state index contributed by atoms with van der Waals surface area (Å²) in [5.41, 5.74) is 0. The van der Waals surface area contributed by atoms with E-state index in [0.29, 0.717) is 0 Å². The van der Waals surface area contributed by atoms with Crippen LogP contribution in [0, 0.1) is 17.8 Å². The second-order valence-corrected chi connectivity index (χ2v) is 3.79. The lowest BCUT2D eigenvalue weighted by atomic mass is 9.70. The zero-order valence-electron chi connectivity index (χ0n) is 7.57. The molecule has 2 rings (SSSR count). The van der Waals surface area contributed by atoms with Crippen LogP contribution in [0.4, 0.5) is 0 Å². The van der Waals surface area contributed by atoms with Crippen molar-refractivity contribution in [2.45, 2.75) is 13.3 Å². The molecule has 2 nitrogen and oxygen atoms in total. The first-order valence-corrected chi connectivity index (χ1v) is 4.62. The van der Waals surface area contributed by atoms with Crippen LogP contribution in [0.2, 0.25) is 0 Å². The highest BCUT2D eigenvalue weighted by Crippen LogP contribution is 2.34. The molecule has 2 aliphatic rings. The fourth-order valence-corrected chi connectivity index (χ4v) is 2.22. The van der Waals surface area contributed by atoms with Gasteiger partial charge in [0.25, 0.3) is 0 Å². The van der Waals surface area contributed by atoms with Gasteiger partial charge in [-0.05, 0) is 24.5 Å². The van der Waals surface area contributed by atoms with E-state index in [1.165, 1.54) is 12.2 Å². The van der Waals surface area contributed by atoms with Crippen molar-refractivity contribution in [3.05, 3.63) is 24.3 Å². The summed E-state index contributed by atoms with van der Waals surface area (Å²) in [5, 5.41) is 0. The summed E-state index contributed by atoms with van der Waals surface area (Å²) < 4.78 is 0. The summed E-state index contributed by atoms with van der Waals surface area (Å²) in [6, 6.07) is 0. The fraction of sp³-hybridized carbons (Fsp3) is 0.455. The molecule has 0 N–H and O–H groups in total. The number of carbonyl (C=O) groups is 2. The van der Waals surface area contributed by atoms with Gasteiger partial charge in [-0.25, -0.2) is 0 Å². The molecule has 3 atom stereocenters. The van der Waals surface area contributed by atoms with Crippen LogP contribution in [0.1, 0.15) is 13.3 Å². The van der Waals surface area contributed by atoms with Gasteiger partial charge in [0.05, 0.1) is 0 Å². The van der Waals surface area contributed by atoms with Gasteiger partial charge in [0.1, 0.15) is 0 Å². The normalized spacial score (nSPS) is 37.8. The molecule has 0 amide bonds. The Morgan fingerprint density at radius 2 is 1.92 bits per heavy atom. The van der Waals surface area contributed by atoms with E-state index in [0.717, 1.165) is 6.42 Å². The van der Waals surface area contributed by atoms with E-state index in [2.05, 4.69) is 0 Å². The van der Waals surface area contributed by atoms with Gasteiger partial charge in [0.15, 0.2) is 11.6 Å². The number of carbonyl (C=O) groups excluding carboxylic acids is 2. The van der Waals surface area contributed by atoms with Gasteiger partial charge in [-0.15, -0.1) is 0 Å². The zero-order chi connectivity index (χ0) is 9.42. The Morgan fingerprint density at radius 3 is 2.62 bits per heavy atom. The number of hydrogen-bond acceptors (Lipinski definition) is 2. The average molecular weight is 176 g/mol. The van der Waals surface area contributed by atoms with Gasteiger partial charge in [0, 0.05) is 11.8 Å². The van der Waals surface area contributed by atoms with Crippen LogP contribution in [0.5, 0.6) is 0 Å². The second kappa shape index (κ2) is 2.95. The van der Waals surface area contributed by atoms with E-state index in [1.807, 2.05) is 19.1 Å². The molecular formula is C11H12O2. The molecule has 0 radical (unpaired) electrons. The van der Waals surface area contributed by atoms with Crippen LogP contribution in [0.15, 0.2) is 24.3 Å². The summed E-state index contributed by atoms with van der Waals surface area (Å²) in [7, 11) is 0.